The molecule has 168 valence electrons. The fourth-order valence-electron chi connectivity index (χ4n) is 3.35. The number of nitrogens with one attached hydrogen (secondary N) is 1. The molecule has 31 heavy (non-hydrogen) atoms. The summed E-state index contributed by atoms with van der Waals surface area (Å²) in [5.41, 5.74) is 0.320. The molecule has 1 fully saturated rings. The second-order valence-electron chi connectivity index (χ2n) is 6.95. The summed E-state index contributed by atoms with van der Waals surface area (Å²) < 4.78 is 38.0. The number of amides is 1. The Kier molecular flexibility index (Phi) is 7.59. The Balaban J connectivity index is 1.78. The summed E-state index contributed by atoms with van der Waals surface area (Å²) in [6.45, 7) is 0.357. The van der Waals surface area contributed by atoms with Crippen molar-refractivity contribution in [2.24, 2.45) is 5.92 Å². The highest BCUT2D eigenvalue weighted by Crippen LogP contribution is 2.34. The molecule has 1 amide bonds. The fraction of sp³-hybridized carbons (Fsp3) is 0.350. The monoisotopic (exact) mass is 506 g/mol. The zero-order valence-corrected chi connectivity index (χ0v) is 19.9. The molecule has 0 radical (unpaired) electrons. The zero-order valence-electron chi connectivity index (χ0n) is 16.8. The molecule has 0 aromatic heterocycles. The van der Waals surface area contributed by atoms with E-state index in [-0.39, 0.29) is 32.4 Å². The number of anilines is 1. The second-order valence-corrected chi connectivity index (χ2v) is 10.1. The van der Waals surface area contributed by atoms with Crippen molar-refractivity contribution in [1.82, 2.24) is 4.31 Å². The largest absolute Gasteiger partial charge is 0.493 e. The van der Waals surface area contributed by atoms with Crippen molar-refractivity contribution in [3.63, 3.8) is 0 Å². The molecule has 0 saturated carbocycles. The Labute approximate surface area is 196 Å². The molecule has 11 heteroatoms. The molecule has 0 bridgehead atoms. The van der Waals surface area contributed by atoms with Crippen LogP contribution in [0.1, 0.15) is 12.8 Å². The highest BCUT2D eigenvalue weighted by atomic mass is 35.5. The van der Waals surface area contributed by atoms with Crippen LogP contribution in [0.3, 0.4) is 0 Å². The zero-order chi connectivity index (χ0) is 22.8. The minimum atomic E-state index is -3.83. The standard InChI is InChI=1S/C20H21Cl3N2O5S/c1-29-18-6-5-13(8-19(18)30-2)31(27,28)25-7-3-4-12(11-25)20(26)24-17-10-15(22)14(21)9-16(17)23/h5-6,8-10,12H,3-4,7,11H2,1-2H3,(H,24,26)/t12-/m0/s1. The van der Waals surface area contributed by atoms with Crippen LogP contribution in [0.5, 0.6) is 11.5 Å². The summed E-state index contributed by atoms with van der Waals surface area (Å²) in [6, 6.07) is 7.30. The lowest BCUT2D eigenvalue weighted by molar-refractivity contribution is -0.120. The van der Waals surface area contributed by atoms with Crippen LogP contribution in [0, 0.1) is 5.92 Å². The van der Waals surface area contributed by atoms with Crippen LogP contribution in [0.4, 0.5) is 5.69 Å². The number of halogens is 3. The van der Waals surface area contributed by atoms with Crippen LogP contribution < -0.4 is 14.8 Å². The molecule has 0 spiro atoms. The van der Waals surface area contributed by atoms with Gasteiger partial charge in [0.15, 0.2) is 11.5 Å². The van der Waals surface area contributed by atoms with E-state index in [1.807, 2.05) is 0 Å². The third-order valence-corrected chi connectivity index (χ3v) is 7.91. The van der Waals surface area contributed by atoms with E-state index < -0.39 is 15.9 Å². The van der Waals surface area contributed by atoms with E-state index >= 15 is 0 Å². The summed E-state index contributed by atoms with van der Waals surface area (Å²) in [5, 5.41) is 3.49. The highest BCUT2D eigenvalue weighted by Gasteiger charge is 2.34. The van der Waals surface area contributed by atoms with E-state index in [0.717, 1.165) is 0 Å². The Bertz CT molecular complexity index is 1090. The van der Waals surface area contributed by atoms with Gasteiger partial charge >= 0.3 is 0 Å². The van der Waals surface area contributed by atoms with E-state index in [9.17, 15) is 13.2 Å². The van der Waals surface area contributed by atoms with E-state index in [2.05, 4.69) is 5.32 Å². The third kappa shape index (κ3) is 5.21. The maximum absolute atomic E-state index is 13.2. The normalized spacial score (nSPS) is 17.3. The van der Waals surface area contributed by atoms with Crippen molar-refractivity contribution in [2.75, 3.05) is 32.6 Å². The average molecular weight is 508 g/mol. The number of carbonyl (C=O) groups is 1. The van der Waals surface area contributed by atoms with Gasteiger partial charge in [0.25, 0.3) is 0 Å². The minimum absolute atomic E-state index is 0.0431. The van der Waals surface area contributed by atoms with Gasteiger partial charge in [-0.3, -0.25) is 4.79 Å². The number of rotatable bonds is 6. The summed E-state index contributed by atoms with van der Waals surface area (Å²) in [6.07, 6.45) is 1.09. The number of carbonyl (C=O) groups excluding carboxylic acids is 1. The van der Waals surface area contributed by atoms with Crippen molar-refractivity contribution in [1.29, 1.82) is 0 Å². The minimum Gasteiger partial charge on any atom is -0.493 e. The first-order valence-corrected chi connectivity index (χ1v) is 11.9. The smallest absolute Gasteiger partial charge is 0.243 e. The predicted octanol–water partition coefficient (Wildman–Crippen LogP) is 4.70. The van der Waals surface area contributed by atoms with Crippen molar-refractivity contribution in [3.8, 4) is 11.5 Å². The van der Waals surface area contributed by atoms with E-state index in [0.29, 0.717) is 36.6 Å². The van der Waals surface area contributed by atoms with Gasteiger partial charge in [0.1, 0.15) is 0 Å². The van der Waals surface area contributed by atoms with Gasteiger partial charge in [-0.1, -0.05) is 34.8 Å². The molecule has 3 rings (SSSR count). The molecule has 2 aromatic carbocycles. The number of nitrogens with zero attached hydrogens (tertiary/aromatic N) is 1. The maximum atomic E-state index is 13.2. The van der Waals surface area contributed by atoms with Crippen LogP contribution >= 0.6 is 34.8 Å². The van der Waals surface area contributed by atoms with Crippen molar-refractivity contribution in [2.45, 2.75) is 17.7 Å². The van der Waals surface area contributed by atoms with Gasteiger partial charge in [-0.05, 0) is 37.1 Å². The molecular formula is C20H21Cl3N2O5S. The Morgan fingerprint density at radius 1 is 1.03 bits per heavy atom. The molecule has 1 aliphatic heterocycles. The number of methoxy groups -OCH3 is 2. The summed E-state index contributed by atoms with van der Waals surface area (Å²) in [4.78, 5) is 12.9. The Hall–Kier alpha value is -1.71. The summed E-state index contributed by atoms with van der Waals surface area (Å²) >= 11 is 18.1. The number of ether oxygens (including phenoxy) is 2. The lowest BCUT2D eigenvalue weighted by Crippen LogP contribution is -2.43. The molecular weight excluding hydrogens is 487 g/mol. The van der Waals surface area contributed by atoms with Crippen LogP contribution in [0.15, 0.2) is 35.2 Å². The maximum Gasteiger partial charge on any atom is 0.243 e. The number of sulfonamides is 1. The van der Waals surface area contributed by atoms with Gasteiger partial charge in [-0.25, -0.2) is 8.42 Å². The number of piperidine rings is 1. The van der Waals surface area contributed by atoms with Crippen LogP contribution in [0.2, 0.25) is 15.1 Å². The fourth-order valence-corrected chi connectivity index (χ4v) is 5.49. The SMILES string of the molecule is COc1ccc(S(=O)(=O)N2CCC[C@H](C(=O)Nc3cc(Cl)c(Cl)cc3Cl)C2)cc1OC. The quantitative estimate of drug-likeness (QED) is 0.573. The first kappa shape index (κ1) is 23.9. The average Bonchev–Trinajstić information content (AvgIpc) is 2.76. The number of benzene rings is 2. The Morgan fingerprint density at radius 3 is 2.39 bits per heavy atom. The molecule has 1 saturated heterocycles. The van der Waals surface area contributed by atoms with Crippen LogP contribution in [-0.4, -0.2) is 45.9 Å². The first-order chi connectivity index (χ1) is 14.7. The lowest BCUT2D eigenvalue weighted by Gasteiger charge is -2.31. The van der Waals surface area contributed by atoms with Crippen LogP contribution in [0.25, 0.3) is 0 Å². The van der Waals surface area contributed by atoms with Gasteiger partial charge in [0, 0.05) is 19.2 Å². The molecule has 1 heterocycles. The summed E-state index contributed by atoms with van der Waals surface area (Å²) in [7, 11) is -0.920. The molecule has 0 unspecified atom stereocenters. The van der Waals surface area contributed by atoms with Gasteiger partial charge < -0.3 is 14.8 Å². The topological polar surface area (TPSA) is 84.9 Å². The molecule has 1 aliphatic rings. The molecule has 0 aliphatic carbocycles. The highest BCUT2D eigenvalue weighted by molar-refractivity contribution is 7.89. The first-order valence-electron chi connectivity index (χ1n) is 9.35. The molecule has 1 atom stereocenters. The van der Waals surface area contributed by atoms with E-state index in [1.165, 1.54) is 48.9 Å². The van der Waals surface area contributed by atoms with Crippen molar-refractivity contribution < 1.29 is 22.7 Å². The number of hydrogen-bond acceptors (Lipinski definition) is 5. The van der Waals surface area contributed by atoms with E-state index in [4.69, 9.17) is 44.3 Å². The van der Waals surface area contributed by atoms with Gasteiger partial charge in [0.2, 0.25) is 15.9 Å². The summed E-state index contributed by atoms with van der Waals surface area (Å²) in [5.74, 6) is -0.151. The van der Waals surface area contributed by atoms with Gasteiger partial charge in [0.05, 0.1) is 45.8 Å². The molecule has 1 N–H and O–H groups in total. The van der Waals surface area contributed by atoms with Gasteiger partial charge in [-0.2, -0.15) is 4.31 Å². The van der Waals surface area contributed by atoms with Crippen molar-refractivity contribution in [3.05, 3.63) is 45.4 Å². The van der Waals surface area contributed by atoms with Crippen LogP contribution in [-0.2, 0) is 14.8 Å². The van der Waals surface area contributed by atoms with Crippen molar-refractivity contribution >= 4 is 56.4 Å². The van der Waals surface area contributed by atoms with E-state index in [1.54, 1.807) is 0 Å². The predicted molar refractivity (Wildman–Crippen MR) is 121 cm³/mol. The van der Waals surface area contributed by atoms with Gasteiger partial charge in [-0.15, -0.1) is 0 Å². The third-order valence-electron chi connectivity index (χ3n) is 5.02. The number of hydrogen-bond donors (Lipinski definition) is 1. The molecule has 2 aromatic rings. The second kappa shape index (κ2) is 9.83. The Morgan fingerprint density at radius 2 is 1.71 bits per heavy atom. The molecule has 7 nitrogen and oxygen atoms in total. The lowest BCUT2D eigenvalue weighted by atomic mass is 9.98.